The van der Waals surface area contributed by atoms with Crippen LogP contribution in [0.3, 0.4) is 0 Å². The van der Waals surface area contributed by atoms with Crippen LogP contribution in [-0.2, 0) is 26.2 Å². The second kappa shape index (κ2) is 9.31. The van der Waals surface area contributed by atoms with Crippen molar-refractivity contribution in [3.8, 4) is 0 Å². The molecule has 2 atom stereocenters. The van der Waals surface area contributed by atoms with Crippen molar-refractivity contribution in [1.29, 1.82) is 0 Å². The van der Waals surface area contributed by atoms with Crippen LogP contribution in [-0.4, -0.2) is 41.8 Å². The number of ether oxygens (including phenoxy) is 1. The second-order valence-corrected chi connectivity index (χ2v) is 8.40. The van der Waals surface area contributed by atoms with Gasteiger partial charge in [0, 0.05) is 6.54 Å². The highest BCUT2D eigenvalue weighted by Crippen LogP contribution is 2.26. The van der Waals surface area contributed by atoms with E-state index in [1.807, 2.05) is 37.3 Å². The molecule has 2 unspecified atom stereocenters. The van der Waals surface area contributed by atoms with Crippen LogP contribution in [0.15, 0.2) is 30.3 Å². The minimum Gasteiger partial charge on any atom is -0.480 e. The van der Waals surface area contributed by atoms with Gasteiger partial charge >= 0.3 is 5.97 Å². The van der Waals surface area contributed by atoms with Gasteiger partial charge in [-0.15, -0.1) is 0 Å². The fourth-order valence-electron chi connectivity index (χ4n) is 3.06. The third kappa shape index (κ3) is 5.26. The monoisotopic (exact) mass is 369 g/mol. The number of carboxylic acids is 1. The molecule has 1 aliphatic rings. The van der Waals surface area contributed by atoms with E-state index in [0.29, 0.717) is 25.7 Å². The van der Waals surface area contributed by atoms with E-state index < -0.39 is 27.5 Å². The summed E-state index contributed by atoms with van der Waals surface area (Å²) in [5, 5.41) is 9.39. The van der Waals surface area contributed by atoms with Crippen molar-refractivity contribution in [3.63, 3.8) is 0 Å². The fourth-order valence-corrected chi connectivity index (χ4v) is 5.00. The van der Waals surface area contributed by atoms with Gasteiger partial charge in [-0.3, -0.25) is 4.79 Å². The summed E-state index contributed by atoms with van der Waals surface area (Å²) < 4.78 is 33.0. The maximum atomic E-state index is 13.1. The predicted molar refractivity (Wildman–Crippen MR) is 95.4 cm³/mol. The average molecular weight is 369 g/mol. The highest BCUT2D eigenvalue weighted by molar-refractivity contribution is 7.89. The van der Waals surface area contributed by atoms with Crippen LogP contribution < -0.4 is 0 Å². The first-order valence-corrected chi connectivity index (χ1v) is 10.4. The van der Waals surface area contributed by atoms with Gasteiger partial charge in [0.1, 0.15) is 6.04 Å². The molecule has 0 bridgehead atoms. The van der Waals surface area contributed by atoms with Gasteiger partial charge in [0.2, 0.25) is 10.0 Å². The van der Waals surface area contributed by atoms with Crippen LogP contribution in [0.2, 0.25) is 0 Å². The molecule has 2 rings (SSSR count). The maximum absolute atomic E-state index is 13.1. The molecule has 1 aliphatic heterocycles. The molecule has 1 heterocycles. The SMILES string of the molecule is CCCCC(OCc1ccccc1)S(=O)(=O)N1CCCCC1C(=O)O. The van der Waals surface area contributed by atoms with Gasteiger partial charge in [-0.2, -0.15) is 4.31 Å². The molecule has 7 heteroatoms. The molecule has 25 heavy (non-hydrogen) atoms. The molecule has 6 nitrogen and oxygen atoms in total. The molecular weight excluding hydrogens is 342 g/mol. The molecule has 1 N–H and O–H groups in total. The topological polar surface area (TPSA) is 83.9 Å². The Balaban J connectivity index is 2.17. The molecule has 1 saturated heterocycles. The summed E-state index contributed by atoms with van der Waals surface area (Å²) in [6, 6.07) is 8.41. The van der Waals surface area contributed by atoms with E-state index in [0.717, 1.165) is 22.7 Å². The lowest BCUT2D eigenvalue weighted by Gasteiger charge is -2.34. The van der Waals surface area contributed by atoms with Crippen LogP contribution >= 0.6 is 0 Å². The lowest BCUT2D eigenvalue weighted by Crippen LogP contribution is -2.51. The van der Waals surface area contributed by atoms with Gasteiger partial charge in [0.15, 0.2) is 5.44 Å². The van der Waals surface area contributed by atoms with E-state index in [4.69, 9.17) is 4.74 Å². The molecule has 0 spiro atoms. The van der Waals surface area contributed by atoms with Crippen LogP contribution in [0.4, 0.5) is 0 Å². The summed E-state index contributed by atoms with van der Waals surface area (Å²) in [6.07, 6.45) is 3.70. The normalized spacial score (nSPS) is 20.3. The van der Waals surface area contributed by atoms with E-state index in [1.165, 1.54) is 0 Å². The molecular formula is C18H27NO5S. The Morgan fingerprint density at radius 3 is 2.68 bits per heavy atom. The van der Waals surface area contributed by atoms with Gasteiger partial charge in [-0.1, -0.05) is 50.1 Å². The van der Waals surface area contributed by atoms with Crippen molar-refractivity contribution in [1.82, 2.24) is 4.31 Å². The van der Waals surface area contributed by atoms with Crippen molar-refractivity contribution in [2.24, 2.45) is 0 Å². The van der Waals surface area contributed by atoms with E-state index in [9.17, 15) is 18.3 Å². The molecule has 0 aliphatic carbocycles. The van der Waals surface area contributed by atoms with Crippen molar-refractivity contribution >= 4 is 16.0 Å². The number of rotatable bonds is 9. The summed E-state index contributed by atoms with van der Waals surface area (Å²) in [4.78, 5) is 11.5. The molecule has 1 fully saturated rings. The Morgan fingerprint density at radius 2 is 2.04 bits per heavy atom. The van der Waals surface area contributed by atoms with Crippen molar-refractivity contribution in [3.05, 3.63) is 35.9 Å². The Hall–Kier alpha value is -1.44. The van der Waals surface area contributed by atoms with Gasteiger partial charge in [0.05, 0.1) is 6.61 Å². The van der Waals surface area contributed by atoms with Gasteiger partial charge in [0.25, 0.3) is 0 Å². The van der Waals surface area contributed by atoms with Crippen LogP contribution in [0.1, 0.15) is 51.0 Å². The number of carbonyl (C=O) groups is 1. The first kappa shape index (κ1) is 19.9. The zero-order valence-electron chi connectivity index (χ0n) is 14.6. The highest BCUT2D eigenvalue weighted by atomic mass is 32.2. The summed E-state index contributed by atoms with van der Waals surface area (Å²) in [5.74, 6) is -1.08. The lowest BCUT2D eigenvalue weighted by molar-refractivity contribution is -0.142. The zero-order valence-corrected chi connectivity index (χ0v) is 15.5. The smallest absolute Gasteiger partial charge is 0.322 e. The average Bonchev–Trinajstić information content (AvgIpc) is 2.62. The van der Waals surface area contributed by atoms with Gasteiger partial charge < -0.3 is 9.84 Å². The van der Waals surface area contributed by atoms with E-state index in [2.05, 4.69) is 0 Å². The van der Waals surface area contributed by atoms with E-state index in [-0.39, 0.29) is 13.2 Å². The number of carboxylic acid groups (broad SMARTS) is 1. The summed E-state index contributed by atoms with van der Waals surface area (Å²) in [6.45, 7) is 2.43. The number of nitrogens with zero attached hydrogens (tertiary/aromatic N) is 1. The van der Waals surface area contributed by atoms with Crippen molar-refractivity contribution in [2.75, 3.05) is 6.54 Å². The van der Waals surface area contributed by atoms with Crippen LogP contribution in [0, 0.1) is 0 Å². The number of benzene rings is 1. The maximum Gasteiger partial charge on any atom is 0.322 e. The Bertz CT molecular complexity index is 647. The molecule has 0 aromatic heterocycles. The molecule has 140 valence electrons. The molecule has 1 aromatic rings. The minimum absolute atomic E-state index is 0.194. The fraction of sp³-hybridized carbons (Fsp3) is 0.611. The number of hydrogen-bond donors (Lipinski definition) is 1. The van der Waals surface area contributed by atoms with Crippen molar-refractivity contribution in [2.45, 2.75) is 63.5 Å². The standard InChI is InChI=1S/C18H27NO5S/c1-2-3-12-17(24-14-15-9-5-4-6-10-15)25(22,23)19-13-8-7-11-16(19)18(20)21/h4-6,9-10,16-17H,2-3,7-8,11-14H2,1H3,(H,20,21). The largest absolute Gasteiger partial charge is 0.480 e. The molecule has 0 saturated carbocycles. The van der Waals surface area contributed by atoms with Crippen LogP contribution in [0.5, 0.6) is 0 Å². The number of aliphatic carboxylic acids is 1. The predicted octanol–water partition coefficient (Wildman–Crippen LogP) is 2.99. The second-order valence-electron chi connectivity index (χ2n) is 6.37. The first-order valence-electron chi connectivity index (χ1n) is 8.85. The molecule has 1 aromatic carbocycles. The number of sulfonamides is 1. The van der Waals surface area contributed by atoms with E-state index in [1.54, 1.807) is 0 Å². The van der Waals surface area contributed by atoms with Crippen molar-refractivity contribution < 1.29 is 23.1 Å². The Morgan fingerprint density at radius 1 is 1.32 bits per heavy atom. The summed E-state index contributed by atoms with van der Waals surface area (Å²) in [7, 11) is -3.83. The Kier molecular flexibility index (Phi) is 7.40. The highest BCUT2D eigenvalue weighted by Gasteiger charge is 2.41. The van der Waals surface area contributed by atoms with Crippen LogP contribution in [0.25, 0.3) is 0 Å². The molecule has 0 radical (unpaired) electrons. The number of hydrogen-bond acceptors (Lipinski definition) is 4. The summed E-state index contributed by atoms with van der Waals surface area (Å²) in [5.41, 5.74) is -0.111. The first-order chi connectivity index (χ1) is 12.0. The van der Waals surface area contributed by atoms with E-state index >= 15 is 0 Å². The quantitative estimate of drug-likeness (QED) is 0.723. The van der Waals surface area contributed by atoms with Gasteiger partial charge in [-0.25, -0.2) is 8.42 Å². The Labute approximate surface area is 149 Å². The number of unbranched alkanes of at least 4 members (excludes halogenated alkanes) is 1. The number of piperidine rings is 1. The third-order valence-electron chi connectivity index (χ3n) is 4.47. The summed E-state index contributed by atoms with van der Waals surface area (Å²) >= 11 is 0. The third-order valence-corrected chi connectivity index (χ3v) is 6.60. The zero-order chi connectivity index (χ0) is 18.3. The minimum atomic E-state index is -3.83. The lowest BCUT2D eigenvalue weighted by atomic mass is 10.1. The van der Waals surface area contributed by atoms with Gasteiger partial charge in [-0.05, 0) is 31.2 Å². The molecule has 0 amide bonds.